The molecule has 0 radical (unpaired) electrons. The van der Waals surface area contributed by atoms with Gasteiger partial charge in [0.25, 0.3) is 0 Å². The van der Waals surface area contributed by atoms with E-state index in [-0.39, 0.29) is 5.82 Å². The number of nitrogens with two attached hydrogens (primary N) is 1. The van der Waals surface area contributed by atoms with Crippen molar-refractivity contribution in [1.82, 2.24) is 4.98 Å². The van der Waals surface area contributed by atoms with Crippen LogP contribution in [0.3, 0.4) is 0 Å². The molecule has 2 N–H and O–H groups in total. The normalized spacial score (nSPS) is 10.8. The van der Waals surface area contributed by atoms with Gasteiger partial charge < -0.3 is 5.73 Å². The van der Waals surface area contributed by atoms with Gasteiger partial charge in [0, 0.05) is 23.1 Å². The fourth-order valence-corrected chi connectivity index (χ4v) is 3.51. The first-order chi connectivity index (χ1) is 9.29. The Labute approximate surface area is 118 Å². The van der Waals surface area contributed by atoms with E-state index >= 15 is 0 Å². The average Bonchev–Trinajstić information content (AvgIpc) is 3.08. The molecule has 2 nitrogen and oxygen atoms in total. The highest BCUT2D eigenvalue weighted by molar-refractivity contribution is 7.15. The molecule has 96 valence electrons. The van der Waals surface area contributed by atoms with Crippen LogP contribution in [0.1, 0.15) is 5.01 Å². The van der Waals surface area contributed by atoms with E-state index in [2.05, 4.69) is 4.98 Å². The number of hydrogen-bond donors (Lipinski definition) is 1. The molecule has 0 bridgehead atoms. The highest BCUT2D eigenvalue weighted by atomic mass is 32.1. The fraction of sp³-hybridized carbons (Fsp3) is 0.0714. The minimum Gasteiger partial charge on any atom is -0.325 e. The topological polar surface area (TPSA) is 38.9 Å². The SMILES string of the molecule is NCc1nc(-c2ccsc2)c(-c2ccccc2F)s1. The molecule has 0 unspecified atom stereocenters. The van der Waals surface area contributed by atoms with Crippen LogP contribution in [0, 0.1) is 5.82 Å². The first-order valence-electron chi connectivity index (χ1n) is 5.77. The molecule has 1 aromatic carbocycles. The zero-order valence-corrected chi connectivity index (χ0v) is 11.6. The molecule has 0 fully saturated rings. The number of nitrogens with zero attached hydrogens (tertiary/aromatic N) is 1. The lowest BCUT2D eigenvalue weighted by atomic mass is 10.1. The maximum atomic E-state index is 14.0. The molecule has 3 rings (SSSR count). The Hall–Kier alpha value is -1.56. The number of halogens is 1. The van der Waals surface area contributed by atoms with Gasteiger partial charge >= 0.3 is 0 Å². The van der Waals surface area contributed by atoms with Crippen molar-refractivity contribution in [1.29, 1.82) is 0 Å². The van der Waals surface area contributed by atoms with Crippen molar-refractivity contribution in [3.05, 3.63) is 51.9 Å². The lowest BCUT2D eigenvalue weighted by Crippen LogP contribution is -1.94. The molecule has 5 heteroatoms. The molecular weight excluding hydrogens is 279 g/mol. The maximum Gasteiger partial charge on any atom is 0.131 e. The van der Waals surface area contributed by atoms with Crippen LogP contribution in [0.5, 0.6) is 0 Å². The third kappa shape index (κ3) is 2.32. The zero-order chi connectivity index (χ0) is 13.2. The lowest BCUT2D eigenvalue weighted by Gasteiger charge is -2.02. The Balaban J connectivity index is 2.21. The van der Waals surface area contributed by atoms with Gasteiger partial charge in [-0.1, -0.05) is 18.2 Å². The number of thiophene rings is 1. The smallest absolute Gasteiger partial charge is 0.131 e. The van der Waals surface area contributed by atoms with Crippen molar-refractivity contribution in [3.63, 3.8) is 0 Å². The summed E-state index contributed by atoms with van der Waals surface area (Å²) in [5.74, 6) is -0.230. The third-order valence-corrected chi connectivity index (χ3v) is 4.55. The van der Waals surface area contributed by atoms with Gasteiger partial charge in [-0.15, -0.1) is 11.3 Å². The molecule has 0 atom stereocenters. The van der Waals surface area contributed by atoms with Gasteiger partial charge in [0.1, 0.15) is 10.8 Å². The second kappa shape index (κ2) is 5.21. The molecule has 2 heterocycles. The summed E-state index contributed by atoms with van der Waals surface area (Å²) in [6.45, 7) is 0.371. The van der Waals surface area contributed by atoms with Gasteiger partial charge in [-0.05, 0) is 17.5 Å². The van der Waals surface area contributed by atoms with Crippen molar-refractivity contribution < 1.29 is 4.39 Å². The van der Waals surface area contributed by atoms with Crippen LogP contribution in [0.25, 0.3) is 21.7 Å². The molecule has 0 saturated heterocycles. The third-order valence-electron chi connectivity index (χ3n) is 2.76. The standard InChI is InChI=1S/C14H11FN2S2/c15-11-4-2-1-3-10(11)14-13(9-5-6-18-8-9)17-12(7-16)19-14/h1-6,8H,7,16H2. The van der Waals surface area contributed by atoms with Crippen LogP contribution in [0.15, 0.2) is 41.1 Å². The van der Waals surface area contributed by atoms with E-state index in [0.717, 1.165) is 21.1 Å². The van der Waals surface area contributed by atoms with Crippen molar-refractivity contribution in [2.45, 2.75) is 6.54 Å². The van der Waals surface area contributed by atoms with E-state index in [9.17, 15) is 4.39 Å². The van der Waals surface area contributed by atoms with Gasteiger partial charge in [-0.2, -0.15) is 11.3 Å². The van der Waals surface area contributed by atoms with Crippen LogP contribution in [0.4, 0.5) is 4.39 Å². The van der Waals surface area contributed by atoms with Crippen LogP contribution < -0.4 is 5.73 Å². The van der Waals surface area contributed by atoms with Gasteiger partial charge in [-0.3, -0.25) is 0 Å². The summed E-state index contributed by atoms with van der Waals surface area (Å²) in [6.07, 6.45) is 0. The summed E-state index contributed by atoms with van der Waals surface area (Å²) in [7, 11) is 0. The Morgan fingerprint density at radius 1 is 1.21 bits per heavy atom. The number of rotatable bonds is 3. The van der Waals surface area contributed by atoms with E-state index in [1.165, 1.54) is 17.4 Å². The molecule has 2 aromatic heterocycles. The lowest BCUT2D eigenvalue weighted by molar-refractivity contribution is 0.631. The van der Waals surface area contributed by atoms with Crippen LogP contribution in [-0.4, -0.2) is 4.98 Å². The second-order valence-electron chi connectivity index (χ2n) is 3.98. The average molecular weight is 290 g/mol. The number of thiazole rings is 1. The van der Waals surface area contributed by atoms with Crippen LogP contribution >= 0.6 is 22.7 Å². The van der Waals surface area contributed by atoms with Gasteiger partial charge in [0.15, 0.2) is 0 Å². The predicted molar refractivity (Wildman–Crippen MR) is 78.7 cm³/mol. The Morgan fingerprint density at radius 3 is 2.74 bits per heavy atom. The van der Waals surface area contributed by atoms with Crippen molar-refractivity contribution >= 4 is 22.7 Å². The minimum atomic E-state index is -0.230. The van der Waals surface area contributed by atoms with Crippen LogP contribution in [-0.2, 0) is 6.54 Å². The molecule has 0 aliphatic carbocycles. The quantitative estimate of drug-likeness (QED) is 0.787. The van der Waals surface area contributed by atoms with Crippen molar-refractivity contribution in [2.24, 2.45) is 5.73 Å². The van der Waals surface area contributed by atoms with Gasteiger partial charge in [0.2, 0.25) is 0 Å². The molecule has 0 amide bonds. The highest BCUT2D eigenvalue weighted by Crippen LogP contribution is 2.38. The molecule has 0 aliphatic rings. The first-order valence-corrected chi connectivity index (χ1v) is 7.52. The van der Waals surface area contributed by atoms with E-state index in [1.54, 1.807) is 23.5 Å². The predicted octanol–water partition coefficient (Wildman–Crippen LogP) is 4.14. The van der Waals surface area contributed by atoms with E-state index in [0.29, 0.717) is 12.1 Å². The minimum absolute atomic E-state index is 0.230. The molecule has 0 aliphatic heterocycles. The molecule has 19 heavy (non-hydrogen) atoms. The summed E-state index contributed by atoms with van der Waals surface area (Å²) in [5.41, 5.74) is 8.07. The van der Waals surface area contributed by atoms with E-state index < -0.39 is 0 Å². The number of aromatic nitrogens is 1. The highest BCUT2D eigenvalue weighted by Gasteiger charge is 2.17. The van der Waals surface area contributed by atoms with E-state index in [1.807, 2.05) is 22.9 Å². The monoisotopic (exact) mass is 290 g/mol. The Morgan fingerprint density at radius 2 is 2.05 bits per heavy atom. The van der Waals surface area contributed by atoms with Crippen molar-refractivity contribution in [3.8, 4) is 21.7 Å². The number of benzene rings is 1. The molecule has 0 spiro atoms. The van der Waals surface area contributed by atoms with Crippen LogP contribution in [0.2, 0.25) is 0 Å². The fourth-order valence-electron chi connectivity index (χ4n) is 1.87. The molecule has 0 saturated carbocycles. The van der Waals surface area contributed by atoms with Crippen molar-refractivity contribution in [2.75, 3.05) is 0 Å². The zero-order valence-electron chi connectivity index (χ0n) is 9.97. The summed E-state index contributed by atoms with van der Waals surface area (Å²) in [5, 5.41) is 4.82. The summed E-state index contributed by atoms with van der Waals surface area (Å²) in [4.78, 5) is 5.37. The molecular formula is C14H11FN2S2. The maximum absolute atomic E-state index is 14.0. The van der Waals surface area contributed by atoms with E-state index in [4.69, 9.17) is 5.73 Å². The molecule has 3 aromatic rings. The first kappa shape index (κ1) is 12.5. The summed E-state index contributed by atoms with van der Waals surface area (Å²) in [6, 6.07) is 8.75. The second-order valence-corrected chi connectivity index (χ2v) is 5.84. The Bertz CT molecular complexity index is 689. The summed E-state index contributed by atoms with van der Waals surface area (Å²) < 4.78 is 14.0. The summed E-state index contributed by atoms with van der Waals surface area (Å²) >= 11 is 3.05. The van der Waals surface area contributed by atoms with Gasteiger partial charge in [-0.25, -0.2) is 9.37 Å². The Kier molecular flexibility index (Phi) is 3.42. The van der Waals surface area contributed by atoms with Gasteiger partial charge in [0.05, 0.1) is 10.6 Å². The largest absolute Gasteiger partial charge is 0.325 e. The number of hydrogen-bond acceptors (Lipinski definition) is 4.